The Kier molecular flexibility index (Phi) is 5.50. The van der Waals surface area contributed by atoms with Crippen LogP contribution in [-0.4, -0.2) is 15.9 Å². The third kappa shape index (κ3) is 4.09. The van der Waals surface area contributed by atoms with E-state index in [1.165, 1.54) is 23.1 Å². The van der Waals surface area contributed by atoms with Crippen molar-refractivity contribution in [2.75, 3.05) is 10.6 Å². The highest BCUT2D eigenvalue weighted by molar-refractivity contribution is 7.16. The number of hydrogen-bond donors (Lipinski definition) is 2. The summed E-state index contributed by atoms with van der Waals surface area (Å²) in [5, 5.41) is 7.54. The van der Waals surface area contributed by atoms with Gasteiger partial charge in [0.1, 0.15) is 10.8 Å². The molecule has 0 aromatic carbocycles. The van der Waals surface area contributed by atoms with Gasteiger partial charge in [-0.1, -0.05) is 12.1 Å². The van der Waals surface area contributed by atoms with Gasteiger partial charge >= 0.3 is 0 Å². The lowest BCUT2D eigenvalue weighted by Gasteiger charge is -2.23. The molecule has 0 aliphatic heterocycles. The van der Waals surface area contributed by atoms with Crippen molar-refractivity contribution in [3.8, 4) is 0 Å². The molecule has 1 amide bonds. The van der Waals surface area contributed by atoms with Crippen LogP contribution in [0.2, 0.25) is 0 Å². The molecule has 156 valence electrons. The van der Waals surface area contributed by atoms with Gasteiger partial charge in [0.2, 0.25) is 0 Å². The maximum atomic E-state index is 12.8. The Labute approximate surface area is 184 Å². The largest absolute Gasteiger partial charge is 0.459 e. The van der Waals surface area contributed by atoms with Gasteiger partial charge in [0.25, 0.3) is 5.91 Å². The van der Waals surface area contributed by atoms with Crippen LogP contribution in [0.3, 0.4) is 0 Å². The molecular weight excluding hydrogens is 408 g/mol. The van der Waals surface area contributed by atoms with Gasteiger partial charge < -0.3 is 15.1 Å². The fourth-order valence-corrected chi connectivity index (χ4v) is 5.35. The standard InChI is InChI=1S/C24H22N4O2S/c29-23(18-9-6-14-30-18)28-24-21(17-8-1-2-10-19(17)31-24)22(16-7-5-12-25-15-16)27-20-11-3-4-13-26-20/h3-7,9,11-15,22H,1-2,8,10H2,(H,26,27)(H,28,29). The van der Waals surface area contributed by atoms with Gasteiger partial charge in [0, 0.05) is 29.0 Å². The number of fused-ring (bicyclic) bond motifs is 1. The average Bonchev–Trinajstić information content (AvgIpc) is 3.47. The van der Waals surface area contributed by atoms with Gasteiger partial charge in [0.05, 0.1) is 12.3 Å². The molecule has 0 spiro atoms. The zero-order valence-corrected chi connectivity index (χ0v) is 17.7. The second-order valence-corrected chi connectivity index (χ2v) is 8.57. The molecule has 0 saturated heterocycles. The summed E-state index contributed by atoms with van der Waals surface area (Å²) < 4.78 is 5.31. The molecule has 1 atom stereocenters. The number of aryl methyl sites for hydroxylation is 1. The minimum absolute atomic E-state index is 0.186. The Balaban J connectivity index is 1.60. The quantitative estimate of drug-likeness (QED) is 0.424. The summed E-state index contributed by atoms with van der Waals surface area (Å²) in [6.07, 6.45) is 11.3. The molecule has 0 saturated carbocycles. The predicted octanol–water partition coefficient (Wildman–Crippen LogP) is 5.46. The Morgan fingerprint density at radius 3 is 2.77 bits per heavy atom. The maximum Gasteiger partial charge on any atom is 0.291 e. The van der Waals surface area contributed by atoms with E-state index >= 15 is 0 Å². The van der Waals surface area contributed by atoms with Gasteiger partial charge in [-0.05, 0) is 67.1 Å². The number of carbonyl (C=O) groups excluding carboxylic acids is 1. The molecule has 0 fully saturated rings. The van der Waals surface area contributed by atoms with Gasteiger partial charge in [-0.25, -0.2) is 4.98 Å². The number of amides is 1. The molecule has 7 heteroatoms. The molecule has 6 nitrogen and oxygen atoms in total. The second-order valence-electron chi connectivity index (χ2n) is 7.46. The third-order valence-electron chi connectivity index (χ3n) is 5.45. The van der Waals surface area contributed by atoms with Gasteiger partial charge in [-0.2, -0.15) is 0 Å². The van der Waals surface area contributed by atoms with Crippen LogP contribution in [0.1, 0.15) is 51.0 Å². The number of aromatic nitrogens is 2. The fraction of sp³-hybridized carbons (Fsp3) is 0.208. The molecule has 0 radical (unpaired) electrons. The number of nitrogens with one attached hydrogen (secondary N) is 2. The van der Waals surface area contributed by atoms with E-state index in [4.69, 9.17) is 4.42 Å². The van der Waals surface area contributed by atoms with Crippen LogP contribution in [0.4, 0.5) is 10.8 Å². The van der Waals surface area contributed by atoms with E-state index in [9.17, 15) is 4.79 Å². The first kappa shape index (κ1) is 19.5. The molecule has 4 aromatic rings. The first-order chi connectivity index (χ1) is 15.3. The number of thiophene rings is 1. The highest BCUT2D eigenvalue weighted by atomic mass is 32.1. The Morgan fingerprint density at radius 2 is 2.00 bits per heavy atom. The van der Waals surface area contributed by atoms with Crippen LogP contribution in [-0.2, 0) is 12.8 Å². The van der Waals surface area contributed by atoms with Crippen molar-refractivity contribution in [3.05, 3.63) is 94.6 Å². The summed E-state index contributed by atoms with van der Waals surface area (Å²) in [5.74, 6) is 0.830. The fourth-order valence-electron chi connectivity index (χ4n) is 4.03. The molecule has 0 bridgehead atoms. The first-order valence-electron chi connectivity index (χ1n) is 10.4. The monoisotopic (exact) mass is 430 g/mol. The summed E-state index contributed by atoms with van der Waals surface area (Å²) in [5.41, 5.74) is 3.44. The van der Waals surface area contributed by atoms with E-state index in [0.29, 0.717) is 5.76 Å². The number of carbonyl (C=O) groups is 1. The summed E-state index contributed by atoms with van der Waals surface area (Å²) in [4.78, 5) is 23.0. The number of pyridine rings is 2. The SMILES string of the molecule is O=C(Nc1sc2c(c1C(Nc1ccccn1)c1cccnc1)CCCC2)c1ccco1. The van der Waals surface area contributed by atoms with Gasteiger partial charge in [0.15, 0.2) is 5.76 Å². The van der Waals surface area contributed by atoms with Crippen LogP contribution in [0.15, 0.2) is 71.7 Å². The summed E-state index contributed by atoms with van der Waals surface area (Å²) in [7, 11) is 0. The Hall–Kier alpha value is -3.45. The van der Waals surface area contributed by atoms with E-state index < -0.39 is 0 Å². The lowest BCUT2D eigenvalue weighted by atomic mass is 9.90. The predicted molar refractivity (Wildman–Crippen MR) is 122 cm³/mol. The van der Waals surface area contributed by atoms with E-state index in [2.05, 4.69) is 26.7 Å². The maximum absolute atomic E-state index is 12.8. The second kappa shape index (κ2) is 8.73. The third-order valence-corrected chi connectivity index (χ3v) is 6.67. The minimum atomic E-state index is -0.243. The lowest BCUT2D eigenvalue weighted by Crippen LogP contribution is -2.18. The highest BCUT2D eigenvalue weighted by Gasteiger charge is 2.29. The van der Waals surface area contributed by atoms with Crippen molar-refractivity contribution in [1.29, 1.82) is 0 Å². The molecule has 2 N–H and O–H groups in total. The molecule has 4 aromatic heterocycles. The number of nitrogens with zero attached hydrogens (tertiary/aromatic N) is 2. The van der Waals surface area contributed by atoms with E-state index in [1.54, 1.807) is 35.9 Å². The van der Waals surface area contributed by atoms with E-state index in [1.807, 2.05) is 30.5 Å². The van der Waals surface area contributed by atoms with E-state index in [0.717, 1.165) is 41.2 Å². The first-order valence-corrected chi connectivity index (χ1v) is 11.2. The van der Waals surface area contributed by atoms with Crippen molar-refractivity contribution in [1.82, 2.24) is 9.97 Å². The number of rotatable bonds is 6. The molecule has 1 aliphatic carbocycles. The Bertz CT molecular complexity index is 1160. The highest BCUT2D eigenvalue weighted by Crippen LogP contribution is 2.44. The number of hydrogen-bond acceptors (Lipinski definition) is 6. The summed E-state index contributed by atoms with van der Waals surface area (Å²) >= 11 is 1.67. The van der Waals surface area contributed by atoms with E-state index in [-0.39, 0.29) is 11.9 Å². The lowest BCUT2D eigenvalue weighted by molar-refractivity contribution is 0.0997. The van der Waals surface area contributed by atoms with Crippen molar-refractivity contribution in [3.63, 3.8) is 0 Å². The van der Waals surface area contributed by atoms with Gasteiger partial charge in [-0.3, -0.25) is 9.78 Å². The zero-order valence-electron chi connectivity index (χ0n) is 16.9. The summed E-state index contributed by atoms with van der Waals surface area (Å²) in [6, 6.07) is 13.0. The van der Waals surface area contributed by atoms with Crippen LogP contribution < -0.4 is 10.6 Å². The van der Waals surface area contributed by atoms with Crippen molar-refractivity contribution < 1.29 is 9.21 Å². The molecule has 1 aliphatic rings. The molecule has 1 unspecified atom stereocenters. The number of furan rings is 1. The molecular formula is C24H22N4O2S. The minimum Gasteiger partial charge on any atom is -0.459 e. The number of anilines is 2. The van der Waals surface area contributed by atoms with Gasteiger partial charge in [-0.15, -0.1) is 11.3 Å². The van der Waals surface area contributed by atoms with Crippen LogP contribution in [0, 0.1) is 0 Å². The molecule has 4 heterocycles. The van der Waals surface area contributed by atoms with Crippen molar-refractivity contribution >= 4 is 28.1 Å². The summed E-state index contributed by atoms with van der Waals surface area (Å²) in [6.45, 7) is 0. The van der Waals surface area contributed by atoms with Crippen molar-refractivity contribution in [2.24, 2.45) is 0 Å². The smallest absolute Gasteiger partial charge is 0.291 e. The Morgan fingerprint density at radius 1 is 1.06 bits per heavy atom. The molecule has 5 rings (SSSR count). The molecule has 31 heavy (non-hydrogen) atoms. The topological polar surface area (TPSA) is 80.0 Å². The normalized spacial score (nSPS) is 13.9. The van der Waals surface area contributed by atoms with Crippen LogP contribution >= 0.6 is 11.3 Å². The van der Waals surface area contributed by atoms with Crippen molar-refractivity contribution in [2.45, 2.75) is 31.7 Å². The zero-order chi connectivity index (χ0) is 21.0. The average molecular weight is 431 g/mol. The van der Waals surface area contributed by atoms with Crippen LogP contribution in [0.5, 0.6) is 0 Å². The van der Waals surface area contributed by atoms with Crippen LogP contribution in [0.25, 0.3) is 0 Å².